The molecule has 0 aliphatic rings. The van der Waals surface area contributed by atoms with Crippen molar-refractivity contribution >= 4 is 16.1 Å². The summed E-state index contributed by atoms with van der Waals surface area (Å²) in [6.07, 6.45) is 2.34. The molecule has 0 N–H and O–H groups in total. The fourth-order valence-electron chi connectivity index (χ4n) is 3.15. The molecule has 0 unspecified atom stereocenters. The molecule has 0 fully saturated rings. The van der Waals surface area contributed by atoms with Gasteiger partial charge in [0.1, 0.15) is 6.10 Å². The van der Waals surface area contributed by atoms with Crippen molar-refractivity contribution in [2.45, 2.75) is 63.7 Å². The van der Waals surface area contributed by atoms with E-state index in [4.69, 9.17) is 18.4 Å². The van der Waals surface area contributed by atoms with Gasteiger partial charge in [-0.3, -0.25) is 4.18 Å². The second-order valence-electron chi connectivity index (χ2n) is 7.99. The number of methoxy groups -OCH3 is 1. The lowest BCUT2D eigenvalue weighted by Crippen LogP contribution is -2.24. The van der Waals surface area contributed by atoms with Crippen molar-refractivity contribution in [3.8, 4) is 0 Å². The summed E-state index contributed by atoms with van der Waals surface area (Å²) in [5, 5.41) is 0. The summed E-state index contributed by atoms with van der Waals surface area (Å²) in [5.74, 6) is -0.496. The highest BCUT2D eigenvalue weighted by Gasteiger charge is 2.20. The fourth-order valence-corrected chi connectivity index (χ4v) is 4.07. The Morgan fingerprint density at radius 3 is 2.32 bits per heavy atom. The largest absolute Gasteiger partial charge is 0.497 e. The molecule has 2 rings (SSSR count). The van der Waals surface area contributed by atoms with E-state index in [1.807, 2.05) is 44.2 Å². The lowest BCUT2D eigenvalue weighted by molar-refractivity contribution is -0.136. The molecule has 8 heteroatoms. The number of rotatable bonds is 14. The number of benzene rings is 2. The average molecular weight is 491 g/mol. The fraction of sp³-hybridized carbons (Fsp3) is 0.423. The summed E-state index contributed by atoms with van der Waals surface area (Å²) in [5.41, 5.74) is 2.33. The Labute approximate surface area is 202 Å². The minimum Gasteiger partial charge on any atom is -0.497 e. The molecule has 0 aliphatic carbocycles. The average Bonchev–Trinajstić information content (AvgIpc) is 2.84. The lowest BCUT2D eigenvalue weighted by Gasteiger charge is -2.23. The maximum atomic E-state index is 12.5. The van der Waals surface area contributed by atoms with Crippen LogP contribution < -0.4 is 0 Å². The van der Waals surface area contributed by atoms with Gasteiger partial charge in [-0.25, -0.2) is 4.79 Å². The Morgan fingerprint density at radius 1 is 1.03 bits per heavy atom. The van der Waals surface area contributed by atoms with Crippen molar-refractivity contribution in [2.24, 2.45) is 0 Å². The molecule has 2 atom stereocenters. The van der Waals surface area contributed by atoms with E-state index >= 15 is 0 Å². The van der Waals surface area contributed by atoms with Gasteiger partial charge in [0.15, 0.2) is 0 Å². The first-order valence-corrected chi connectivity index (χ1v) is 12.7. The van der Waals surface area contributed by atoms with Crippen molar-refractivity contribution in [3.63, 3.8) is 0 Å². The number of hydrogen-bond acceptors (Lipinski definition) is 7. The minimum absolute atomic E-state index is 0.0683. The molecule has 0 amide bonds. The molecular formula is C26H34O7S. The molecule has 0 aliphatic heterocycles. The molecule has 0 saturated heterocycles. The molecule has 7 nitrogen and oxygen atoms in total. The summed E-state index contributed by atoms with van der Waals surface area (Å²) >= 11 is 0. The van der Waals surface area contributed by atoms with Crippen molar-refractivity contribution in [1.29, 1.82) is 0 Å². The molecule has 186 valence electrons. The summed E-state index contributed by atoms with van der Waals surface area (Å²) in [6.45, 7) is 5.88. The highest BCUT2D eigenvalue weighted by molar-refractivity contribution is 7.86. The predicted octanol–water partition coefficient (Wildman–Crippen LogP) is 4.94. The summed E-state index contributed by atoms with van der Waals surface area (Å²) in [7, 11) is -2.58. The molecule has 0 saturated carbocycles. The monoisotopic (exact) mass is 490 g/mol. The van der Waals surface area contributed by atoms with Gasteiger partial charge in [-0.2, -0.15) is 8.42 Å². The van der Waals surface area contributed by atoms with Gasteiger partial charge in [0.2, 0.25) is 0 Å². The SMILES string of the molecule is CC[C@H](C[C@@H](CCOS(=O)(=O)c1ccc(C)cc1)O/C=C(\C)C(=O)OC)OCc1ccccc1. The predicted molar refractivity (Wildman–Crippen MR) is 130 cm³/mol. The zero-order chi connectivity index (χ0) is 25.0. The lowest BCUT2D eigenvalue weighted by atomic mass is 10.1. The third-order valence-electron chi connectivity index (χ3n) is 5.24. The highest BCUT2D eigenvalue weighted by atomic mass is 32.2. The van der Waals surface area contributed by atoms with Gasteiger partial charge in [-0.05, 0) is 38.0 Å². The Balaban J connectivity index is 2.02. The topological polar surface area (TPSA) is 88.1 Å². The third kappa shape index (κ3) is 9.29. The summed E-state index contributed by atoms with van der Waals surface area (Å²) in [4.78, 5) is 11.8. The zero-order valence-electron chi connectivity index (χ0n) is 20.2. The van der Waals surface area contributed by atoms with Crippen LogP contribution in [0.5, 0.6) is 0 Å². The second-order valence-corrected chi connectivity index (χ2v) is 9.61. The zero-order valence-corrected chi connectivity index (χ0v) is 21.0. The van der Waals surface area contributed by atoms with Crippen LogP contribution in [0.3, 0.4) is 0 Å². The number of ether oxygens (including phenoxy) is 3. The molecule has 0 bridgehead atoms. The maximum absolute atomic E-state index is 12.5. The summed E-state index contributed by atoms with van der Waals surface area (Å²) in [6, 6.07) is 16.3. The van der Waals surface area contributed by atoms with E-state index in [1.165, 1.54) is 25.5 Å². The number of carbonyl (C=O) groups is 1. The van der Waals surface area contributed by atoms with Crippen LogP contribution in [0, 0.1) is 6.92 Å². The number of hydrogen-bond donors (Lipinski definition) is 0. The Hall–Kier alpha value is -2.68. The van der Waals surface area contributed by atoms with E-state index in [2.05, 4.69) is 0 Å². The van der Waals surface area contributed by atoms with Crippen molar-refractivity contribution in [3.05, 3.63) is 77.6 Å². The van der Waals surface area contributed by atoms with Crippen LogP contribution >= 0.6 is 0 Å². The van der Waals surface area contributed by atoms with E-state index in [0.717, 1.165) is 17.5 Å². The molecule has 0 radical (unpaired) electrons. The van der Waals surface area contributed by atoms with Crippen LogP contribution in [0.15, 0.2) is 71.3 Å². The highest BCUT2D eigenvalue weighted by Crippen LogP contribution is 2.19. The van der Waals surface area contributed by atoms with Crippen LogP contribution in [0.1, 0.15) is 44.2 Å². The van der Waals surface area contributed by atoms with Crippen LogP contribution in [0.4, 0.5) is 0 Å². The van der Waals surface area contributed by atoms with E-state index in [-0.39, 0.29) is 17.6 Å². The van der Waals surface area contributed by atoms with E-state index in [1.54, 1.807) is 19.1 Å². The molecule has 2 aromatic carbocycles. The summed E-state index contributed by atoms with van der Waals surface area (Å²) < 4.78 is 46.8. The molecule has 34 heavy (non-hydrogen) atoms. The van der Waals surface area contributed by atoms with Gasteiger partial charge in [-0.15, -0.1) is 0 Å². The third-order valence-corrected chi connectivity index (χ3v) is 6.57. The molecule has 2 aromatic rings. The Bertz CT molecular complexity index is 1010. The number of aryl methyl sites for hydroxylation is 1. The van der Waals surface area contributed by atoms with Gasteiger partial charge in [-0.1, -0.05) is 55.0 Å². The van der Waals surface area contributed by atoms with E-state index in [9.17, 15) is 13.2 Å². The Kier molecular flexibility index (Phi) is 11.3. The molecule has 0 spiro atoms. The number of carbonyl (C=O) groups excluding carboxylic acids is 1. The van der Waals surface area contributed by atoms with E-state index < -0.39 is 22.2 Å². The first kappa shape index (κ1) is 27.6. The van der Waals surface area contributed by atoms with Crippen LogP contribution in [-0.2, 0) is 39.9 Å². The molecule has 0 aromatic heterocycles. The molecule has 0 heterocycles. The smallest absolute Gasteiger partial charge is 0.336 e. The normalized spacial score (nSPS) is 13.8. The van der Waals surface area contributed by atoms with Gasteiger partial charge >= 0.3 is 5.97 Å². The van der Waals surface area contributed by atoms with Gasteiger partial charge in [0.25, 0.3) is 10.1 Å². The maximum Gasteiger partial charge on any atom is 0.336 e. The Morgan fingerprint density at radius 2 is 1.71 bits per heavy atom. The number of esters is 1. The van der Waals surface area contributed by atoms with Gasteiger partial charge < -0.3 is 14.2 Å². The quantitative estimate of drug-likeness (QED) is 0.160. The van der Waals surface area contributed by atoms with Gasteiger partial charge in [0.05, 0.1) is 43.2 Å². The minimum atomic E-state index is -3.88. The molecular weight excluding hydrogens is 456 g/mol. The second kappa shape index (κ2) is 13.9. The van der Waals surface area contributed by atoms with E-state index in [0.29, 0.717) is 25.0 Å². The van der Waals surface area contributed by atoms with Crippen LogP contribution in [-0.4, -0.2) is 40.3 Å². The van der Waals surface area contributed by atoms with Crippen molar-refractivity contribution in [2.75, 3.05) is 13.7 Å². The van der Waals surface area contributed by atoms with Gasteiger partial charge in [0, 0.05) is 12.8 Å². The van der Waals surface area contributed by atoms with Crippen LogP contribution in [0.2, 0.25) is 0 Å². The van der Waals surface area contributed by atoms with Crippen LogP contribution in [0.25, 0.3) is 0 Å². The van der Waals surface area contributed by atoms with Crippen molar-refractivity contribution in [1.82, 2.24) is 0 Å². The first-order chi connectivity index (χ1) is 16.2. The van der Waals surface area contributed by atoms with Crippen molar-refractivity contribution < 1.29 is 31.6 Å². The first-order valence-electron chi connectivity index (χ1n) is 11.3. The standard InChI is InChI=1S/C26H34O7S/c1-5-23(32-19-22-9-7-6-8-10-22)17-24(31-18-21(3)26(27)30-4)15-16-33-34(28,29)25-13-11-20(2)12-14-25/h6-14,18,23-24H,5,15-17,19H2,1-4H3/b21-18+/t23-,24-/m1/s1.